The molecule has 0 aromatic carbocycles. The Balaban J connectivity index is 2.61. The van der Waals surface area contributed by atoms with Crippen LogP contribution in [0.25, 0.3) is 0 Å². The highest BCUT2D eigenvalue weighted by atomic mass is 16.5. The summed E-state index contributed by atoms with van der Waals surface area (Å²) in [6.45, 7) is 2.65. The standard InChI is InChI=1S/C16H28N4O6/c1-11(21)19(25)9-5-7-13-15(23)18(4)14(16(24)17(13)3)8-6-10-20(26)12(2)22/h13-14,25-26H,5-10H2,1-4H3/t13-,14-/m0/s1. The number of carbonyl (C=O) groups is 4. The molecule has 0 aliphatic carbocycles. The van der Waals surface area contributed by atoms with Gasteiger partial charge < -0.3 is 9.80 Å². The Kier molecular flexibility index (Phi) is 7.97. The molecule has 0 bridgehead atoms. The van der Waals surface area contributed by atoms with Gasteiger partial charge in [0.25, 0.3) is 0 Å². The molecule has 2 N–H and O–H groups in total. The zero-order valence-electron chi connectivity index (χ0n) is 15.7. The van der Waals surface area contributed by atoms with Gasteiger partial charge in [-0.05, 0) is 25.7 Å². The molecule has 0 unspecified atom stereocenters. The zero-order valence-corrected chi connectivity index (χ0v) is 15.7. The first-order valence-corrected chi connectivity index (χ1v) is 8.55. The van der Waals surface area contributed by atoms with Gasteiger partial charge >= 0.3 is 0 Å². The van der Waals surface area contributed by atoms with Gasteiger partial charge in [0.05, 0.1) is 0 Å². The number of likely N-dealkylation sites (N-methyl/N-ethyl adjacent to an activating group) is 2. The van der Waals surface area contributed by atoms with Gasteiger partial charge in [-0.15, -0.1) is 0 Å². The number of carbonyl (C=O) groups excluding carboxylic acids is 4. The lowest BCUT2D eigenvalue weighted by Crippen LogP contribution is -2.62. The molecule has 0 spiro atoms. The smallest absolute Gasteiger partial charge is 0.245 e. The van der Waals surface area contributed by atoms with Gasteiger partial charge in [-0.3, -0.25) is 29.6 Å². The minimum Gasteiger partial charge on any atom is -0.332 e. The van der Waals surface area contributed by atoms with E-state index in [1.807, 2.05) is 0 Å². The summed E-state index contributed by atoms with van der Waals surface area (Å²) in [6, 6.07) is -1.29. The Morgan fingerprint density at radius 3 is 1.42 bits per heavy atom. The maximum absolute atomic E-state index is 12.6. The van der Waals surface area contributed by atoms with Crippen LogP contribution in [0.3, 0.4) is 0 Å². The second-order valence-electron chi connectivity index (χ2n) is 6.50. The molecule has 1 aliphatic rings. The van der Waals surface area contributed by atoms with Crippen LogP contribution >= 0.6 is 0 Å². The van der Waals surface area contributed by atoms with Crippen molar-refractivity contribution < 1.29 is 29.6 Å². The van der Waals surface area contributed by atoms with Crippen LogP contribution in [-0.2, 0) is 19.2 Å². The van der Waals surface area contributed by atoms with E-state index in [2.05, 4.69) is 0 Å². The van der Waals surface area contributed by atoms with Gasteiger partial charge in [0.2, 0.25) is 23.6 Å². The van der Waals surface area contributed by atoms with Crippen molar-refractivity contribution in [3.8, 4) is 0 Å². The Labute approximate surface area is 152 Å². The van der Waals surface area contributed by atoms with Crippen molar-refractivity contribution in [1.82, 2.24) is 19.9 Å². The van der Waals surface area contributed by atoms with Crippen LogP contribution in [0.2, 0.25) is 0 Å². The molecule has 1 heterocycles. The van der Waals surface area contributed by atoms with Crippen molar-refractivity contribution in [3.63, 3.8) is 0 Å². The number of hydrogen-bond donors (Lipinski definition) is 2. The van der Waals surface area contributed by atoms with E-state index in [0.29, 0.717) is 35.8 Å². The Hall–Kier alpha value is -2.20. The van der Waals surface area contributed by atoms with Gasteiger partial charge in [0, 0.05) is 41.0 Å². The first-order chi connectivity index (χ1) is 12.1. The van der Waals surface area contributed by atoms with Gasteiger partial charge in [-0.25, -0.2) is 10.1 Å². The van der Waals surface area contributed by atoms with Crippen LogP contribution in [-0.4, -0.2) is 93.2 Å². The SMILES string of the molecule is CC(=O)N(O)CCC[C@H]1C(=O)N(C)[C@@H](CCCN(O)C(C)=O)C(=O)N1C. The molecule has 10 nitrogen and oxygen atoms in total. The molecule has 0 saturated carbocycles. The summed E-state index contributed by atoms with van der Waals surface area (Å²) in [5.74, 6) is -1.39. The summed E-state index contributed by atoms with van der Waals surface area (Å²) >= 11 is 0. The monoisotopic (exact) mass is 372 g/mol. The Morgan fingerprint density at radius 2 is 1.15 bits per heavy atom. The number of nitrogens with zero attached hydrogens (tertiary/aromatic N) is 4. The maximum atomic E-state index is 12.6. The summed E-state index contributed by atoms with van der Waals surface area (Å²) in [7, 11) is 3.11. The van der Waals surface area contributed by atoms with E-state index >= 15 is 0 Å². The highest BCUT2D eigenvalue weighted by molar-refractivity contribution is 5.96. The van der Waals surface area contributed by atoms with Gasteiger partial charge in [-0.1, -0.05) is 0 Å². The molecular weight excluding hydrogens is 344 g/mol. The quantitative estimate of drug-likeness (QED) is 0.445. The lowest BCUT2D eigenvalue weighted by atomic mass is 9.99. The van der Waals surface area contributed by atoms with Crippen LogP contribution < -0.4 is 0 Å². The van der Waals surface area contributed by atoms with Crippen molar-refractivity contribution >= 4 is 23.6 Å². The molecule has 0 aromatic rings. The van der Waals surface area contributed by atoms with E-state index in [1.165, 1.54) is 23.6 Å². The zero-order chi connectivity index (χ0) is 20.0. The van der Waals surface area contributed by atoms with Crippen LogP contribution in [0.1, 0.15) is 39.5 Å². The van der Waals surface area contributed by atoms with Crippen LogP contribution in [0.5, 0.6) is 0 Å². The lowest BCUT2D eigenvalue weighted by molar-refractivity contribution is -0.165. The van der Waals surface area contributed by atoms with Gasteiger partial charge in [-0.2, -0.15) is 0 Å². The minimum absolute atomic E-state index is 0.0890. The predicted molar refractivity (Wildman–Crippen MR) is 89.9 cm³/mol. The highest BCUT2D eigenvalue weighted by Crippen LogP contribution is 2.22. The molecule has 26 heavy (non-hydrogen) atoms. The molecule has 2 atom stereocenters. The third-order valence-corrected chi connectivity index (χ3v) is 4.62. The number of amides is 4. The summed E-state index contributed by atoms with van der Waals surface area (Å²) in [5, 5.41) is 19.9. The molecule has 1 rings (SSSR count). The summed E-state index contributed by atoms with van der Waals surface area (Å²) in [5.41, 5.74) is 0. The van der Waals surface area contributed by atoms with Crippen molar-refractivity contribution in [2.45, 2.75) is 51.6 Å². The van der Waals surface area contributed by atoms with Crippen LogP contribution in [0, 0.1) is 0 Å². The maximum Gasteiger partial charge on any atom is 0.245 e. The molecule has 0 radical (unpaired) electrons. The molecular formula is C16H28N4O6. The van der Waals surface area contributed by atoms with E-state index in [0.717, 1.165) is 0 Å². The Bertz CT molecular complexity index is 507. The average Bonchev–Trinajstić information content (AvgIpc) is 2.58. The van der Waals surface area contributed by atoms with Crippen molar-refractivity contribution in [3.05, 3.63) is 0 Å². The predicted octanol–water partition coefficient (Wildman–Crippen LogP) is -0.310. The Morgan fingerprint density at radius 1 is 0.846 bits per heavy atom. The van der Waals surface area contributed by atoms with Gasteiger partial charge in [0.1, 0.15) is 12.1 Å². The minimum atomic E-state index is -0.643. The fraction of sp³-hybridized carbons (Fsp3) is 0.750. The average molecular weight is 372 g/mol. The molecule has 1 saturated heterocycles. The van der Waals surface area contributed by atoms with Crippen molar-refractivity contribution in [2.24, 2.45) is 0 Å². The second kappa shape index (κ2) is 9.48. The van der Waals surface area contributed by atoms with Crippen molar-refractivity contribution in [1.29, 1.82) is 0 Å². The first-order valence-electron chi connectivity index (χ1n) is 8.55. The molecule has 10 heteroatoms. The third-order valence-electron chi connectivity index (χ3n) is 4.62. The van der Waals surface area contributed by atoms with E-state index in [1.54, 1.807) is 14.1 Å². The van der Waals surface area contributed by atoms with E-state index in [9.17, 15) is 29.6 Å². The van der Waals surface area contributed by atoms with Crippen LogP contribution in [0.15, 0.2) is 0 Å². The molecule has 4 amide bonds. The largest absolute Gasteiger partial charge is 0.332 e. The second-order valence-corrected chi connectivity index (χ2v) is 6.50. The number of rotatable bonds is 8. The fourth-order valence-electron chi connectivity index (χ4n) is 2.93. The third kappa shape index (κ3) is 5.40. The topological polar surface area (TPSA) is 122 Å². The summed E-state index contributed by atoms with van der Waals surface area (Å²) in [4.78, 5) is 49.9. The highest BCUT2D eigenvalue weighted by Gasteiger charge is 2.41. The lowest BCUT2D eigenvalue weighted by Gasteiger charge is -2.42. The summed E-state index contributed by atoms with van der Waals surface area (Å²) < 4.78 is 0. The summed E-state index contributed by atoms with van der Waals surface area (Å²) in [6.07, 6.45) is 1.41. The molecule has 1 aliphatic heterocycles. The number of hydroxylamine groups is 4. The molecule has 0 aromatic heterocycles. The van der Waals surface area contributed by atoms with Crippen molar-refractivity contribution in [2.75, 3.05) is 27.2 Å². The van der Waals surface area contributed by atoms with E-state index in [-0.39, 0.29) is 24.9 Å². The first kappa shape index (κ1) is 21.8. The normalized spacial score (nSPS) is 20.4. The number of hydrogen-bond acceptors (Lipinski definition) is 6. The fourth-order valence-corrected chi connectivity index (χ4v) is 2.93. The van der Waals surface area contributed by atoms with E-state index < -0.39 is 23.9 Å². The van der Waals surface area contributed by atoms with E-state index in [4.69, 9.17) is 0 Å². The molecule has 1 fully saturated rings. The number of piperazine rings is 1. The molecule has 148 valence electrons. The van der Waals surface area contributed by atoms with Crippen LogP contribution in [0.4, 0.5) is 0 Å². The van der Waals surface area contributed by atoms with Gasteiger partial charge in [0.15, 0.2) is 0 Å².